The molecule has 0 N–H and O–H groups in total. The topological polar surface area (TPSA) is 113 Å². The Kier molecular flexibility index (Phi) is 3.46. The van der Waals surface area contributed by atoms with Crippen molar-refractivity contribution in [2.75, 3.05) is 0 Å². The summed E-state index contributed by atoms with van der Waals surface area (Å²) >= 11 is 0. The molecule has 0 saturated heterocycles. The number of nitrogens with zero attached hydrogens (tertiary/aromatic N) is 7. The second-order valence-electron chi connectivity index (χ2n) is 4.80. The lowest BCUT2D eigenvalue weighted by molar-refractivity contribution is 0.242. The first-order valence-corrected chi connectivity index (χ1v) is 7.01. The smallest absolute Gasteiger partial charge is 0.264 e. The summed E-state index contributed by atoms with van der Waals surface area (Å²) in [6, 6.07) is 10.5. The van der Waals surface area contributed by atoms with Crippen molar-refractivity contribution >= 4 is 5.65 Å². The Morgan fingerprint density at radius 1 is 1.08 bits per heavy atom. The summed E-state index contributed by atoms with van der Waals surface area (Å²) in [7, 11) is 0. The highest BCUT2D eigenvalue weighted by Crippen LogP contribution is 2.22. The van der Waals surface area contributed by atoms with Crippen LogP contribution in [0.25, 0.3) is 5.65 Å². The van der Waals surface area contributed by atoms with Gasteiger partial charge >= 0.3 is 0 Å². The summed E-state index contributed by atoms with van der Waals surface area (Å²) < 4.78 is 17.5. The number of ether oxygens (including phenoxy) is 2. The Balaban J connectivity index is 1.41. The number of hydrogen-bond donors (Lipinski definition) is 0. The summed E-state index contributed by atoms with van der Waals surface area (Å²) in [6.45, 7) is 1.96. The van der Waals surface area contributed by atoms with Crippen molar-refractivity contribution in [3.8, 4) is 17.4 Å². The molecule has 0 aliphatic rings. The average Bonchev–Trinajstić information content (AvgIpc) is 3.22. The van der Waals surface area contributed by atoms with Crippen molar-refractivity contribution in [3.05, 3.63) is 48.1 Å². The molecule has 120 valence electrons. The minimum absolute atomic E-state index is 0.207. The maximum absolute atomic E-state index is 5.65. The minimum Gasteiger partial charge on any atom is -0.484 e. The molecule has 3 heterocycles. The van der Waals surface area contributed by atoms with E-state index >= 15 is 0 Å². The molecule has 10 nitrogen and oxygen atoms in total. The van der Waals surface area contributed by atoms with Gasteiger partial charge in [0.15, 0.2) is 18.1 Å². The monoisotopic (exact) mass is 325 g/mol. The van der Waals surface area contributed by atoms with Crippen LogP contribution in [0.2, 0.25) is 0 Å². The van der Waals surface area contributed by atoms with E-state index in [-0.39, 0.29) is 6.61 Å². The molecule has 0 radical (unpaired) electrons. The van der Waals surface area contributed by atoms with E-state index in [1.165, 1.54) is 4.63 Å². The molecule has 0 atom stereocenters. The van der Waals surface area contributed by atoms with Gasteiger partial charge in [0.2, 0.25) is 5.88 Å². The van der Waals surface area contributed by atoms with Crippen LogP contribution in [0.15, 0.2) is 40.9 Å². The van der Waals surface area contributed by atoms with Gasteiger partial charge in [0.1, 0.15) is 11.5 Å². The van der Waals surface area contributed by atoms with E-state index in [0.717, 1.165) is 0 Å². The highest BCUT2D eigenvalue weighted by atomic mass is 16.5. The molecule has 0 unspecified atom stereocenters. The van der Waals surface area contributed by atoms with Gasteiger partial charge < -0.3 is 14.0 Å². The molecule has 0 saturated carbocycles. The van der Waals surface area contributed by atoms with Crippen LogP contribution >= 0.6 is 0 Å². The zero-order chi connectivity index (χ0) is 16.4. The summed E-state index contributed by atoms with van der Waals surface area (Å²) in [5.74, 6) is 2.64. The lowest BCUT2D eigenvalue weighted by Crippen LogP contribution is -1.97. The molecule has 0 spiro atoms. The fraction of sp³-hybridized carbons (Fsp3) is 0.143. The molecular weight excluding hydrogens is 314 g/mol. The number of fused-ring (bicyclic) bond motifs is 1. The zero-order valence-corrected chi connectivity index (χ0v) is 12.5. The van der Waals surface area contributed by atoms with Crippen LogP contribution in [0.4, 0.5) is 0 Å². The third kappa shape index (κ3) is 2.97. The third-order valence-electron chi connectivity index (χ3n) is 3.02. The number of hydrogen-bond acceptors (Lipinski definition) is 9. The largest absolute Gasteiger partial charge is 0.484 e. The zero-order valence-electron chi connectivity index (χ0n) is 12.5. The van der Waals surface area contributed by atoms with Gasteiger partial charge in [0, 0.05) is 6.07 Å². The molecule has 10 heteroatoms. The van der Waals surface area contributed by atoms with Gasteiger partial charge in [0.05, 0.1) is 0 Å². The summed E-state index contributed by atoms with van der Waals surface area (Å²) in [5.41, 5.74) is 0.544. The Bertz CT molecular complexity index is 964. The van der Waals surface area contributed by atoms with Crippen molar-refractivity contribution < 1.29 is 14.0 Å². The first-order valence-electron chi connectivity index (χ1n) is 7.01. The molecule has 0 aliphatic heterocycles. The number of aryl methyl sites for hydroxylation is 1. The summed E-state index contributed by atoms with van der Waals surface area (Å²) in [4.78, 5) is 4.07. The molecular formula is C14H11N7O3. The van der Waals surface area contributed by atoms with Crippen LogP contribution in [-0.4, -0.2) is 35.4 Å². The lowest BCUT2D eigenvalue weighted by Gasteiger charge is -2.06. The fourth-order valence-electron chi connectivity index (χ4n) is 1.96. The molecule has 1 aromatic carbocycles. The van der Waals surface area contributed by atoms with Gasteiger partial charge in [-0.2, -0.15) is 4.98 Å². The molecule has 3 aromatic heterocycles. The van der Waals surface area contributed by atoms with Crippen molar-refractivity contribution in [1.82, 2.24) is 35.4 Å². The van der Waals surface area contributed by atoms with Gasteiger partial charge in [-0.05, 0) is 47.7 Å². The Labute approximate surface area is 135 Å². The molecule has 0 aliphatic carbocycles. The van der Waals surface area contributed by atoms with E-state index in [1.54, 1.807) is 43.3 Å². The van der Waals surface area contributed by atoms with E-state index < -0.39 is 0 Å². The number of benzene rings is 1. The molecule has 0 amide bonds. The second-order valence-corrected chi connectivity index (χ2v) is 4.80. The molecule has 4 rings (SSSR count). The standard InChI is InChI=1S/C14H11N7O3/c1-9-15-14(24-18-9)8-22-10-2-4-11(5-3-10)23-13-7-6-12-16-19-20-21(12)17-13/h2-7H,8H2,1H3. The molecule has 4 aromatic rings. The van der Waals surface area contributed by atoms with Crippen LogP contribution < -0.4 is 9.47 Å². The molecule has 0 bridgehead atoms. The predicted molar refractivity (Wildman–Crippen MR) is 78.5 cm³/mol. The van der Waals surface area contributed by atoms with Crippen LogP contribution in [0, 0.1) is 6.92 Å². The van der Waals surface area contributed by atoms with Gasteiger partial charge in [-0.15, -0.1) is 14.8 Å². The van der Waals surface area contributed by atoms with Gasteiger partial charge in [0.25, 0.3) is 5.89 Å². The van der Waals surface area contributed by atoms with E-state index in [2.05, 4.69) is 30.8 Å². The summed E-state index contributed by atoms with van der Waals surface area (Å²) in [5, 5.41) is 18.8. The SMILES string of the molecule is Cc1noc(COc2ccc(Oc3ccc4nnnn4n3)cc2)n1. The number of aromatic nitrogens is 7. The van der Waals surface area contributed by atoms with E-state index in [1.807, 2.05) is 0 Å². The Morgan fingerprint density at radius 2 is 1.92 bits per heavy atom. The first-order chi connectivity index (χ1) is 11.8. The van der Waals surface area contributed by atoms with Crippen molar-refractivity contribution in [1.29, 1.82) is 0 Å². The van der Waals surface area contributed by atoms with Crippen LogP contribution in [0.1, 0.15) is 11.7 Å². The van der Waals surface area contributed by atoms with E-state index in [4.69, 9.17) is 14.0 Å². The van der Waals surface area contributed by atoms with Crippen LogP contribution in [-0.2, 0) is 6.61 Å². The van der Waals surface area contributed by atoms with Crippen LogP contribution in [0.3, 0.4) is 0 Å². The van der Waals surface area contributed by atoms with Crippen LogP contribution in [0.5, 0.6) is 17.4 Å². The summed E-state index contributed by atoms with van der Waals surface area (Å²) in [6.07, 6.45) is 0. The first kappa shape index (κ1) is 14.1. The van der Waals surface area contributed by atoms with Crippen molar-refractivity contribution in [2.24, 2.45) is 0 Å². The Hall–Kier alpha value is -3.56. The van der Waals surface area contributed by atoms with Gasteiger partial charge in [-0.1, -0.05) is 5.16 Å². The molecule has 0 fully saturated rings. The minimum atomic E-state index is 0.207. The quantitative estimate of drug-likeness (QED) is 0.539. The van der Waals surface area contributed by atoms with Crippen molar-refractivity contribution in [2.45, 2.75) is 13.5 Å². The third-order valence-corrected chi connectivity index (χ3v) is 3.02. The maximum Gasteiger partial charge on any atom is 0.264 e. The Morgan fingerprint density at radius 3 is 2.71 bits per heavy atom. The number of rotatable bonds is 5. The highest BCUT2D eigenvalue weighted by Gasteiger charge is 2.05. The van der Waals surface area contributed by atoms with Gasteiger partial charge in [-0.3, -0.25) is 0 Å². The number of tetrazole rings is 1. The van der Waals surface area contributed by atoms with Crippen molar-refractivity contribution in [3.63, 3.8) is 0 Å². The average molecular weight is 325 g/mol. The lowest BCUT2D eigenvalue weighted by atomic mass is 10.3. The normalized spacial score (nSPS) is 10.9. The predicted octanol–water partition coefficient (Wildman–Crippen LogP) is 1.58. The van der Waals surface area contributed by atoms with E-state index in [9.17, 15) is 0 Å². The second kappa shape index (κ2) is 5.91. The highest BCUT2D eigenvalue weighted by molar-refractivity contribution is 5.37. The maximum atomic E-state index is 5.65. The fourth-order valence-corrected chi connectivity index (χ4v) is 1.96. The van der Waals surface area contributed by atoms with E-state index in [0.29, 0.717) is 34.7 Å². The van der Waals surface area contributed by atoms with Gasteiger partial charge in [-0.25, -0.2) is 0 Å². The molecule has 24 heavy (non-hydrogen) atoms.